The van der Waals surface area contributed by atoms with Crippen molar-refractivity contribution in [3.63, 3.8) is 0 Å². The minimum absolute atomic E-state index is 0.0119. The number of phenols is 1. The van der Waals surface area contributed by atoms with Crippen molar-refractivity contribution in [3.05, 3.63) is 83.9 Å². The fraction of sp³-hybridized carbons (Fsp3) is 0.529. The molecule has 1 aliphatic heterocycles. The maximum absolute atomic E-state index is 14.8. The number of aromatic nitrogens is 2. The fourth-order valence-corrected chi connectivity index (χ4v) is 8.55. The van der Waals surface area contributed by atoms with E-state index in [0.717, 1.165) is 0 Å². The van der Waals surface area contributed by atoms with Crippen LogP contribution in [-0.2, 0) is 57.6 Å². The van der Waals surface area contributed by atoms with Crippen LogP contribution in [0.1, 0.15) is 76.6 Å². The van der Waals surface area contributed by atoms with Gasteiger partial charge in [-0.25, -0.2) is 9.78 Å². The molecule has 0 radical (unpaired) electrons. The molecule has 8 atom stereocenters. The zero-order valence-electron chi connectivity index (χ0n) is 43.4. The number of aromatic amines is 1. The number of nitrogens with one attached hydrogen (secondary N) is 6. The minimum Gasteiger partial charge on any atom is -0.508 e. The van der Waals surface area contributed by atoms with Crippen molar-refractivity contribution in [2.45, 2.75) is 121 Å². The zero-order chi connectivity index (χ0) is 54.6. The van der Waals surface area contributed by atoms with E-state index in [1.807, 2.05) is 6.92 Å². The van der Waals surface area contributed by atoms with Crippen molar-refractivity contribution in [3.8, 4) is 5.75 Å². The van der Waals surface area contributed by atoms with Gasteiger partial charge in [-0.05, 0) is 74.9 Å². The number of aromatic hydroxyl groups is 1. The quantitative estimate of drug-likeness (QED) is 0.0256. The predicted molar refractivity (Wildman–Crippen MR) is 276 cm³/mol. The van der Waals surface area contributed by atoms with Crippen molar-refractivity contribution in [1.29, 1.82) is 0 Å². The molecule has 3 aromatic rings. The number of hydrogen-bond acceptors (Lipinski definition) is 12. The number of aliphatic imine (C=N–C) groups is 1. The molecule has 1 fully saturated rings. The SMILES string of the molecule is CC[C@H](C)[C@H](NC(=O)[C@H](Cc1ccc(O)cc1)N(C)C(=O)[C@@H](NC(=O)[C@H](CCCN=C(N)N)NC(=O)CN(C)C)C(C)C)C(=O)N[C@@H](Cc1cnc[nH]1)C(=O)N1CCC[C@H]1C(=O)N[C@@H](Cc1ccccc1)C(=O)O. The number of likely N-dealkylation sites (tertiary alicyclic amines) is 1. The molecular formula is C51H75N13O10. The number of carboxylic acids is 1. The molecule has 0 saturated carbocycles. The maximum atomic E-state index is 14.8. The van der Waals surface area contributed by atoms with Gasteiger partial charge in [0.25, 0.3) is 0 Å². The number of amides is 7. The van der Waals surface area contributed by atoms with Crippen molar-refractivity contribution >= 4 is 53.3 Å². The molecule has 12 N–H and O–H groups in total. The van der Waals surface area contributed by atoms with E-state index in [1.54, 1.807) is 82.2 Å². The Labute approximate surface area is 432 Å². The Hall–Kier alpha value is -7.56. The smallest absolute Gasteiger partial charge is 0.326 e. The zero-order valence-corrected chi connectivity index (χ0v) is 43.4. The van der Waals surface area contributed by atoms with Gasteiger partial charge in [-0.1, -0.05) is 76.6 Å². The van der Waals surface area contributed by atoms with E-state index in [9.17, 15) is 48.6 Å². The van der Waals surface area contributed by atoms with Gasteiger partial charge in [-0.15, -0.1) is 0 Å². The first-order valence-corrected chi connectivity index (χ1v) is 24.9. The van der Waals surface area contributed by atoms with Crippen LogP contribution in [-0.4, -0.2) is 171 Å². The number of nitrogens with two attached hydrogens (primary N) is 2. The highest BCUT2D eigenvalue weighted by Gasteiger charge is 2.41. The summed E-state index contributed by atoms with van der Waals surface area (Å²) in [5, 5.41) is 33.9. The highest BCUT2D eigenvalue weighted by molar-refractivity contribution is 5.98. The summed E-state index contributed by atoms with van der Waals surface area (Å²) in [5.74, 6) is -6.94. The topological polar surface area (TPSA) is 340 Å². The normalized spacial score (nSPS) is 16.1. The number of phenolic OH excluding ortho intramolecular Hbond substituents is 1. The van der Waals surface area contributed by atoms with Gasteiger partial charge >= 0.3 is 5.97 Å². The van der Waals surface area contributed by atoms with Gasteiger partial charge in [0.1, 0.15) is 48.0 Å². The van der Waals surface area contributed by atoms with Crippen molar-refractivity contribution in [2.75, 3.05) is 40.8 Å². The minimum atomic E-state index is -1.30. The Morgan fingerprint density at radius 1 is 0.811 bits per heavy atom. The summed E-state index contributed by atoms with van der Waals surface area (Å²) in [4.78, 5) is 127. The molecule has 2 aromatic carbocycles. The first kappa shape index (κ1) is 59.0. The molecule has 1 aliphatic rings. The summed E-state index contributed by atoms with van der Waals surface area (Å²) in [5.41, 5.74) is 12.7. The number of likely N-dealkylation sites (N-methyl/N-ethyl adjacent to an activating group) is 2. The highest BCUT2D eigenvalue weighted by Crippen LogP contribution is 2.22. The van der Waals surface area contributed by atoms with E-state index in [4.69, 9.17) is 11.5 Å². The van der Waals surface area contributed by atoms with Crippen LogP contribution in [0.5, 0.6) is 5.75 Å². The standard InChI is InChI=1S/C51H75N13O10/c1-8-31(4)43(47(70)58-37(26-34-27-54-29-56-34)48(71)64-23-13-17-39(64)45(68)59-38(50(73)74)24-32-14-10-9-11-15-32)61-46(69)40(25-33-18-20-35(65)21-19-33)63(7)49(72)42(30(2)3)60-44(67)36(16-12-22-55-51(52)53)57-41(66)28-62(5)6/h9-11,14-15,18-21,27,29-31,36-40,42-43,65H,8,12-13,16-17,22-26,28H2,1-7H3,(H,54,56)(H,57,66)(H,58,70)(H,59,68)(H,60,67)(H,61,69)(H,73,74)(H4,52,53,55)/t31-,36-,37-,38-,39-,40-,42-,43-/m0/s1. The molecule has 2 heterocycles. The average molecular weight is 1030 g/mol. The van der Waals surface area contributed by atoms with Crippen LogP contribution in [0, 0.1) is 11.8 Å². The number of carbonyl (C=O) groups is 8. The largest absolute Gasteiger partial charge is 0.508 e. The number of benzene rings is 2. The predicted octanol–water partition coefficient (Wildman–Crippen LogP) is -0.213. The first-order chi connectivity index (χ1) is 35.1. The average Bonchev–Trinajstić information content (AvgIpc) is 4.07. The lowest BCUT2D eigenvalue weighted by Crippen LogP contribution is -2.62. The molecule has 23 heteroatoms. The number of hydrogen-bond donors (Lipinski definition) is 10. The van der Waals surface area contributed by atoms with Gasteiger partial charge in [-0.2, -0.15) is 0 Å². The van der Waals surface area contributed by atoms with Crippen LogP contribution in [0.3, 0.4) is 0 Å². The van der Waals surface area contributed by atoms with Crippen molar-refractivity contribution in [2.24, 2.45) is 28.3 Å². The number of imidazole rings is 1. The van der Waals surface area contributed by atoms with Crippen LogP contribution in [0.25, 0.3) is 0 Å². The Morgan fingerprint density at radius 2 is 1.47 bits per heavy atom. The number of nitrogens with zero attached hydrogens (tertiary/aromatic N) is 5. The third-order valence-corrected chi connectivity index (χ3v) is 12.9. The Balaban J connectivity index is 1.61. The van der Waals surface area contributed by atoms with E-state index in [-0.39, 0.29) is 63.4 Å². The van der Waals surface area contributed by atoms with E-state index in [1.165, 1.54) is 41.5 Å². The fourth-order valence-electron chi connectivity index (χ4n) is 8.55. The van der Waals surface area contributed by atoms with Crippen molar-refractivity contribution in [1.82, 2.24) is 51.3 Å². The van der Waals surface area contributed by atoms with Crippen LogP contribution >= 0.6 is 0 Å². The maximum Gasteiger partial charge on any atom is 0.326 e. The molecule has 23 nitrogen and oxygen atoms in total. The monoisotopic (exact) mass is 1030 g/mol. The van der Waals surface area contributed by atoms with Gasteiger partial charge < -0.3 is 67.9 Å². The second-order valence-electron chi connectivity index (χ2n) is 19.4. The Bertz CT molecular complexity index is 2380. The molecule has 7 amide bonds. The Morgan fingerprint density at radius 3 is 2.07 bits per heavy atom. The van der Waals surface area contributed by atoms with Crippen molar-refractivity contribution < 1.29 is 48.6 Å². The molecular weight excluding hydrogens is 955 g/mol. The van der Waals surface area contributed by atoms with Gasteiger partial charge in [0.05, 0.1) is 12.9 Å². The number of guanidine groups is 1. The van der Waals surface area contributed by atoms with Gasteiger partial charge in [0.2, 0.25) is 41.4 Å². The number of carbonyl (C=O) groups excluding carboxylic acids is 7. The van der Waals surface area contributed by atoms with Gasteiger partial charge in [0, 0.05) is 51.3 Å². The number of aliphatic carboxylic acids is 1. The summed E-state index contributed by atoms with van der Waals surface area (Å²) < 4.78 is 0. The lowest BCUT2D eigenvalue weighted by atomic mass is 9.95. The molecule has 404 valence electrons. The van der Waals surface area contributed by atoms with E-state index >= 15 is 0 Å². The number of H-pyrrole nitrogens is 1. The summed E-state index contributed by atoms with van der Waals surface area (Å²) in [6.45, 7) is 7.30. The van der Waals surface area contributed by atoms with E-state index < -0.39 is 101 Å². The number of carboxylic acid groups (broad SMARTS) is 1. The highest BCUT2D eigenvalue weighted by atomic mass is 16.4. The van der Waals surface area contributed by atoms with Crippen LogP contribution in [0.15, 0.2) is 72.1 Å². The lowest BCUT2D eigenvalue weighted by molar-refractivity contribution is -0.145. The summed E-state index contributed by atoms with van der Waals surface area (Å²) >= 11 is 0. The second-order valence-corrected chi connectivity index (χ2v) is 19.4. The molecule has 4 rings (SSSR count). The van der Waals surface area contributed by atoms with Gasteiger partial charge in [0.15, 0.2) is 5.96 Å². The third-order valence-electron chi connectivity index (χ3n) is 12.9. The molecule has 0 unspecified atom stereocenters. The second kappa shape index (κ2) is 28.6. The van der Waals surface area contributed by atoms with Crippen LogP contribution in [0.4, 0.5) is 0 Å². The lowest BCUT2D eigenvalue weighted by Gasteiger charge is -2.35. The number of rotatable bonds is 28. The molecule has 0 aliphatic carbocycles. The molecule has 74 heavy (non-hydrogen) atoms. The van der Waals surface area contributed by atoms with E-state index in [2.05, 4.69) is 41.5 Å². The molecule has 0 spiro atoms. The molecule has 0 bridgehead atoms. The first-order valence-electron chi connectivity index (χ1n) is 24.9. The summed E-state index contributed by atoms with van der Waals surface area (Å²) in [7, 11) is 4.80. The summed E-state index contributed by atoms with van der Waals surface area (Å²) in [6.07, 6.45) is 4.25. The Kier molecular flexibility index (Phi) is 22.8. The van der Waals surface area contributed by atoms with Crippen LogP contribution < -0.4 is 38.1 Å². The summed E-state index contributed by atoms with van der Waals surface area (Å²) in [6, 6.07) is 6.39. The van der Waals surface area contributed by atoms with Gasteiger partial charge in [-0.3, -0.25) is 38.6 Å². The third kappa shape index (κ3) is 17.9. The van der Waals surface area contributed by atoms with E-state index in [0.29, 0.717) is 36.1 Å². The molecule has 1 saturated heterocycles. The molecule has 1 aromatic heterocycles. The van der Waals surface area contributed by atoms with Crippen LogP contribution in [0.2, 0.25) is 0 Å².